The third kappa shape index (κ3) is 13.7. The molecule has 2 fully saturated rings. The zero-order chi connectivity index (χ0) is 37.4. The van der Waals surface area contributed by atoms with Crippen LogP contribution < -0.4 is 0 Å². The van der Waals surface area contributed by atoms with E-state index in [9.17, 15) is 0 Å². The van der Waals surface area contributed by atoms with E-state index < -0.39 is 0 Å². The summed E-state index contributed by atoms with van der Waals surface area (Å²) in [6.45, 7) is 31.2. The highest BCUT2D eigenvalue weighted by Crippen LogP contribution is 2.58. The van der Waals surface area contributed by atoms with Gasteiger partial charge in [-0.1, -0.05) is 218 Å². The van der Waals surface area contributed by atoms with Gasteiger partial charge in [0.2, 0.25) is 0 Å². The highest BCUT2D eigenvalue weighted by molar-refractivity contribution is 4.98. The predicted octanol–water partition coefficient (Wildman–Crippen LogP) is 18.1. The van der Waals surface area contributed by atoms with Gasteiger partial charge in [-0.15, -0.1) is 0 Å². The quantitative estimate of drug-likeness (QED) is 0.199. The molecule has 2 aliphatic rings. The maximum absolute atomic E-state index is 2.79. The number of hydrogen-bond donors (Lipinski definition) is 0. The van der Waals surface area contributed by atoms with E-state index in [0.717, 1.165) is 5.92 Å². The molecule has 3 unspecified atom stereocenters. The molecule has 2 aliphatic carbocycles. The van der Waals surface area contributed by atoms with Gasteiger partial charge in [0.15, 0.2) is 0 Å². The molecular formula is C50H98. The lowest BCUT2D eigenvalue weighted by atomic mass is 9.50. The summed E-state index contributed by atoms with van der Waals surface area (Å²) in [4.78, 5) is 0. The van der Waals surface area contributed by atoms with Crippen LogP contribution in [0.4, 0.5) is 0 Å². The second-order valence-electron chi connectivity index (χ2n) is 21.7. The van der Waals surface area contributed by atoms with E-state index in [4.69, 9.17) is 0 Å². The fourth-order valence-corrected chi connectivity index (χ4v) is 11.3. The third-order valence-corrected chi connectivity index (χ3v) is 17.5. The van der Waals surface area contributed by atoms with Crippen molar-refractivity contribution in [1.29, 1.82) is 0 Å². The first-order valence-corrected chi connectivity index (χ1v) is 23.5. The van der Waals surface area contributed by atoms with E-state index in [1.54, 1.807) is 0 Å². The van der Waals surface area contributed by atoms with E-state index in [1.165, 1.54) is 193 Å². The van der Waals surface area contributed by atoms with Crippen LogP contribution in [0.25, 0.3) is 0 Å². The first-order valence-electron chi connectivity index (χ1n) is 23.5. The Morgan fingerprint density at radius 1 is 0.440 bits per heavy atom. The van der Waals surface area contributed by atoms with Gasteiger partial charge in [0.25, 0.3) is 0 Å². The predicted molar refractivity (Wildman–Crippen MR) is 228 cm³/mol. The topological polar surface area (TPSA) is 0 Å². The summed E-state index contributed by atoms with van der Waals surface area (Å²) < 4.78 is 0. The van der Waals surface area contributed by atoms with Crippen LogP contribution in [0.1, 0.15) is 276 Å². The molecule has 2 rings (SSSR count). The second-order valence-corrected chi connectivity index (χ2v) is 21.7. The fourth-order valence-electron chi connectivity index (χ4n) is 11.3. The van der Waals surface area contributed by atoms with Gasteiger partial charge in [0.05, 0.1) is 0 Å². The first-order chi connectivity index (χ1) is 23.5. The normalized spacial score (nSPS) is 32.8. The van der Waals surface area contributed by atoms with Crippen molar-refractivity contribution in [2.24, 2.45) is 44.3 Å². The van der Waals surface area contributed by atoms with E-state index in [2.05, 4.69) is 83.1 Å². The monoisotopic (exact) mass is 699 g/mol. The van der Waals surface area contributed by atoms with Crippen molar-refractivity contribution in [3.8, 4) is 0 Å². The summed E-state index contributed by atoms with van der Waals surface area (Å²) >= 11 is 0. The minimum Gasteiger partial charge on any atom is -0.0654 e. The molecule has 0 heteroatoms. The van der Waals surface area contributed by atoms with E-state index in [1.807, 2.05) is 0 Å². The highest BCUT2D eigenvalue weighted by Gasteiger charge is 2.49. The standard InChI is InChI=1S/C50H98/c1-13-14-15-25-34-47(9)35-26-19-21-31-40-50(12,41-32-22-20-27-36-47)49(11)39-30-18-16-17-28-37-48(10,38-29-23-24-33-42-49)46(7,8)44(4)45(5,6)43(2)3/h43-44H,13-42H2,1-12H3. The zero-order valence-electron chi connectivity index (χ0n) is 37.4. The number of hydrogen-bond acceptors (Lipinski definition) is 0. The smallest absolute Gasteiger partial charge is 0.0269 e. The molecule has 0 aliphatic heterocycles. The molecule has 0 N–H and O–H groups in total. The van der Waals surface area contributed by atoms with Gasteiger partial charge in [-0.3, -0.25) is 0 Å². The van der Waals surface area contributed by atoms with Gasteiger partial charge in [0, 0.05) is 0 Å². The summed E-state index contributed by atoms with van der Waals surface area (Å²) in [6.07, 6.45) is 43.8. The molecule has 0 amide bonds. The summed E-state index contributed by atoms with van der Waals surface area (Å²) in [6, 6.07) is 0. The van der Waals surface area contributed by atoms with Gasteiger partial charge >= 0.3 is 0 Å². The molecule has 0 bridgehead atoms. The highest BCUT2D eigenvalue weighted by atomic mass is 14.5. The first kappa shape index (κ1) is 46.2. The summed E-state index contributed by atoms with van der Waals surface area (Å²) in [5, 5.41) is 0. The molecule has 50 heavy (non-hydrogen) atoms. The van der Waals surface area contributed by atoms with Crippen molar-refractivity contribution in [2.45, 2.75) is 276 Å². The van der Waals surface area contributed by atoms with Crippen LogP contribution >= 0.6 is 0 Å². The number of rotatable bonds is 10. The van der Waals surface area contributed by atoms with Crippen LogP contribution in [0.3, 0.4) is 0 Å². The van der Waals surface area contributed by atoms with Gasteiger partial charge in [0.1, 0.15) is 0 Å². The van der Waals surface area contributed by atoms with Crippen LogP contribution in [0.5, 0.6) is 0 Å². The van der Waals surface area contributed by atoms with Crippen LogP contribution in [-0.4, -0.2) is 0 Å². The Morgan fingerprint density at radius 3 is 1.14 bits per heavy atom. The SMILES string of the molecule is CCCCCCC1(C)CCCCCCC(C)(C2(C)CCCCCCCC(C)(C(C)(C)C(C)C(C)(C)C(C)C)CCCCCC2)CCCCCC1. The Hall–Kier alpha value is 0. The van der Waals surface area contributed by atoms with Gasteiger partial charge in [-0.25, -0.2) is 0 Å². The van der Waals surface area contributed by atoms with Crippen molar-refractivity contribution in [2.75, 3.05) is 0 Å². The van der Waals surface area contributed by atoms with Crippen molar-refractivity contribution in [1.82, 2.24) is 0 Å². The van der Waals surface area contributed by atoms with E-state index in [0.29, 0.717) is 38.4 Å². The van der Waals surface area contributed by atoms with E-state index >= 15 is 0 Å². The molecule has 0 heterocycles. The Labute approximate surface area is 319 Å². The summed E-state index contributed by atoms with van der Waals surface area (Å²) in [7, 11) is 0. The lowest BCUT2D eigenvalue weighted by Crippen LogP contribution is -2.47. The molecular weight excluding hydrogens is 601 g/mol. The maximum atomic E-state index is 2.79. The molecule has 0 saturated heterocycles. The van der Waals surface area contributed by atoms with E-state index in [-0.39, 0.29) is 0 Å². The second kappa shape index (κ2) is 21.8. The maximum Gasteiger partial charge on any atom is -0.0269 e. The Kier molecular flexibility index (Phi) is 20.1. The van der Waals surface area contributed by atoms with Crippen LogP contribution in [0, 0.1) is 44.3 Å². The molecule has 298 valence electrons. The molecule has 0 aromatic rings. The summed E-state index contributed by atoms with van der Waals surface area (Å²) in [5.74, 6) is 1.43. The van der Waals surface area contributed by atoms with Crippen LogP contribution in [0.15, 0.2) is 0 Å². The molecule has 0 spiro atoms. The van der Waals surface area contributed by atoms with Gasteiger partial charge in [-0.05, 0) is 102 Å². The Morgan fingerprint density at radius 2 is 0.780 bits per heavy atom. The van der Waals surface area contributed by atoms with Gasteiger partial charge < -0.3 is 0 Å². The molecule has 0 aromatic carbocycles. The summed E-state index contributed by atoms with van der Waals surface area (Å²) in [5.41, 5.74) is 2.78. The fraction of sp³-hybridized carbons (Fsp3) is 1.00. The van der Waals surface area contributed by atoms with Gasteiger partial charge in [-0.2, -0.15) is 0 Å². The Balaban J connectivity index is 2.08. The Bertz CT molecular complexity index is 858. The average Bonchev–Trinajstić information content (AvgIpc) is 3.07. The van der Waals surface area contributed by atoms with Crippen molar-refractivity contribution < 1.29 is 0 Å². The molecule has 0 aromatic heterocycles. The minimum absolute atomic E-state index is 0.349. The minimum atomic E-state index is 0.349. The molecule has 3 atom stereocenters. The van der Waals surface area contributed by atoms with Crippen LogP contribution in [0.2, 0.25) is 0 Å². The lowest BCUT2D eigenvalue weighted by molar-refractivity contribution is -0.0549. The number of unbranched alkanes of at least 4 members (excludes halogenated alkanes) is 3. The molecule has 0 nitrogen and oxygen atoms in total. The average molecular weight is 699 g/mol. The zero-order valence-corrected chi connectivity index (χ0v) is 37.4. The van der Waals surface area contributed by atoms with Crippen molar-refractivity contribution >= 4 is 0 Å². The lowest BCUT2D eigenvalue weighted by Gasteiger charge is -2.54. The molecule has 2 saturated carbocycles. The van der Waals surface area contributed by atoms with Crippen molar-refractivity contribution in [3.05, 3.63) is 0 Å². The van der Waals surface area contributed by atoms with Crippen molar-refractivity contribution in [3.63, 3.8) is 0 Å². The van der Waals surface area contributed by atoms with Crippen LogP contribution in [-0.2, 0) is 0 Å². The third-order valence-electron chi connectivity index (χ3n) is 17.5. The molecule has 0 radical (unpaired) electrons. The largest absolute Gasteiger partial charge is 0.0654 e.